The summed E-state index contributed by atoms with van der Waals surface area (Å²) in [6, 6.07) is 10.7. The molecule has 5 aliphatic heterocycles. The lowest BCUT2D eigenvalue weighted by Crippen LogP contribution is -2.61. The highest BCUT2D eigenvalue weighted by molar-refractivity contribution is 6.39. The number of carbonyl (C=O) groups excluding carboxylic acids is 7. The number of carbonyl (C=O) groups is 7. The average Bonchev–Trinajstić information content (AvgIpc) is 0.991. The second-order valence-electron chi connectivity index (χ2n) is 34.6. The van der Waals surface area contributed by atoms with Gasteiger partial charge < -0.3 is 97.6 Å². The molecule has 2 bridgehead atoms. The number of Topliss-reactive ketones (excluding diaryl/α,β-unsaturated/α-hetero) is 3. The fourth-order valence-electron chi connectivity index (χ4n) is 17.8. The van der Waals surface area contributed by atoms with Gasteiger partial charge in [-0.15, -0.1) is 0 Å². The molecule has 1 saturated carbocycles. The van der Waals surface area contributed by atoms with Crippen LogP contribution in [0.5, 0.6) is 0 Å². The molecule has 0 spiro atoms. The van der Waals surface area contributed by atoms with Gasteiger partial charge in [0.1, 0.15) is 59.6 Å². The Bertz CT molecular complexity index is 4560. The molecule has 6 aliphatic rings. The maximum Gasteiger partial charge on any atom is 0.410 e. The summed E-state index contributed by atoms with van der Waals surface area (Å²) in [4.78, 5) is 119. The Morgan fingerprint density at radius 1 is 0.706 bits per heavy atom. The van der Waals surface area contributed by atoms with Crippen molar-refractivity contribution in [3.8, 4) is 11.3 Å². The van der Waals surface area contributed by atoms with E-state index in [1.54, 1.807) is 52.0 Å². The molecule has 126 heavy (non-hydrogen) atoms. The Kier molecular flexibility index (Phi) is 37.3. The van der Waals surface area contributed by atoms with E-state index in [1.807, 2.05) is 79.8 Å². The summed E-state index contributed by atoms with van der Waals surface area (Å²) in [5.74, 6) is -8.20. The van der Waals surface area contributed by atoms with Crippen molar-refractivity contribution in [3.05, 3.63) is 107 Å². The minimum absolute atomic E-state index is 0.00471. The number of fused-ring (bicyclic) bond motifs is 6. The summed E-state index contributed by atoms with van der Waals surface area (Å²) in [6.45, 7) is 22.0. The molecule has 4 fully saturated rings. The van der Waals surface area contributed by atoms with Gasteiger partial charge in [0.25, 0.3) is 17.7 Å². The molecule has 692 valence electrons. The number of ether oxygens (including phenoxy) is 12. The van der Waals surface area contributed by atoms with E-state index in [1.165, 1.54) is 23.9 Å². The Balaban J connectivity index is 0.543. The van der Waals surface area contributed by atoms with Gasteiger partial charge in [-0.1, -0.05) is 89.3 Å². The van der Waals surface area contributed by atoms with Gasteiger partial charge in [0.15, 0.2) is 17.0 Å². The third-order valence-electron chi connectivity index (χ3n) is 25.4. The summed E-state index contributed by atoms with van der Waals surface area (Å²) < 4.78 is 78.0. The molecule has 33 heteroatoms. The maximum absolute atomic E-state index is 14.8. The number of aromatic nitrogens is 5. The summed E-state index contributed by atoms with van der Waals surface area (Å²) in [7, 11) is 4.54. The SMILES string of the molecule is CO[C@H]1C[C@@H]2CC[C@@H](C)[C@@](O)(O2)C(=O)C(=O)N2CCCC[C@H]2C(=O)O[C@H]([C@H](C)C[C@@H]2CC[C@@H](OC(=O)N3CCN(CCOCCOCCOCCOCCOCCOCCC(=O)N4CCc5cc(Cn6nc(-c7ccc8oc(N)nc8c7)c7c(N)ncnc76)ccc5C4)CC3)[C@H](OC)C2)CC(=O)C(C)/C=C(\C)[C@@H](O)[C@@H](OC)C(=O)[C@H](C)C[C@H](C)/C=C/C=C/C=C/1C. The van der Waals surface area contributed by atoms with Crippen molar-refractivity contribution in [2.24, 2.45) is 35.5 Å². The number of hydrogen-bond acceptors (Lipinski definition) is 29. The van der Waals surface area contributed by atoms with E-state index < -0.39 is 102 Å². The number of hydrogen-bond donors (Lipinski definition) is 4. The van der Waals surface area contributed by atoms with E-state index in [4.69, 9.17) is 77.8 Å². The zero-order chi connectivity index (χ0) is 90.0. The van der Waals surface area contributed by atoms with Gasteiger partial charge in [-0.05, 0) is 148 Å². The first-order valence-corrected chi connectivity index (χ1v) is 44.9. The number of oxazole rings is 1. The molecule has 33 nitrogen and oxygen atoms in total. The number of allylic oxidation sites excluding steroid dienone is 6. The van der Waals surface area contributed by atoms with E-state index in [-0.39, 0.29) is 67.6 Å². The molecule has 8 heterocycles. The molecule has 3 aromatic heterocycles. The molecular formula is C93H133N11O22. The van der Waals surface area contributed by atoms with E-state index >= 15 is 0 Å². The van der Waals surface area contributed by atoms with Crippen LogP contribution >= 0.6 is 0 Å². The molecule has 6 N–H and O–H groups in total. The Hall–Kier alpha value is -8.81. The minimum atomic E-state index is -2.48. The van der Waals surface area contributed by atoms with Gasteiger partial charge in [-0.25, -0.2) is 24.2 Å². The number of cyclic esters (lactones) is 1. The predicted molar refractivity (Wildman–Crippen MR) is 469 cm³/mol. The normalized spacial score (nSPS) is 28.0. The van der Waals surface area contributed by atoms with Gasteiger partial charge in [-0.2, -0.15) is 10.1 Å². The number of amides is 3. The van der Waals surface area contributed by atoms with Crippen LogP contribution in [0.3, 0.4) is 0 Å². The number of aliphatic hydroxyl groups excluding tert-OH is 1. The smallest absolute Gasteiger partial charge is 0.410 e. The second kappa shape index (κ2) is 48.0. The number of methoxy groups -OCH3 is 3. The molecule has 3 saturated heterocycles. The molecule has 0 radical (unpaired) electrons. The lowest BCUT2D eigenvalue weighted by Gasteiger charge is -2.42. The van der Waals surface area contributed by atoms with Crippen molar-refractivity contribution in [2.45, 2.75) is 206 Å². The number of esters is 1. The van der Waals surface area contributed by atoms with Crippen LogP contribution in [0.15, 0.2) is 94.7 Å². The van der Waals surface area contributed by atoms with E-state index in [2.05, 4.69) is 38.1 Å². The van der Waals surface area contributed by atoms with Gasteiger partial charge in [0.05, 0.1) is 116 Å². The third kappa shape index (κ3) is 26.7. The number of piperidine rings is 1. The number of nitrogens with zero attached hydrogens (tertiary/aromatic N) is 9. The third-order valence-corrected chi connectivity index (χ3v) is 25.4. The first-order valence-electron chi connectivity index (χ1n) is 44.9. The van der Waals surface area contributed by atoms with Crippen LogP contribution in [-0.4, -0.2) is 297 Å². The fraction of sp³-hybridized carbons (Fsp3) is 0.645. The number of ketones is 3. The highest BCUT2D eigenvalue weighted by atomic mass is 16.6. The molecule has 3 amide bonds. The Morgan fingerprint density at radius 2 is 1.41 bits per heavy atom. The van der Waals surface area contributed by atoms with E-state index in [0.29, 0.717) is 229 Å². The molecule has 2 aromatic carbocycles. The predicted octanol–water partition coefficient (Wildman–Crippen LogP) is 9.18. The zero-order valence-corrected chi connectivity index (χ0v) is 75.1. The summed E-state index contributed by atoms with van der Waals surface area (Å²) in [5, 5.41) is 29.4. The number of anilines is 2. The number of benzene rings is 2. The highest BCUT2D eigenvalue weighted by Crippen LogP contribution is 2.40. The fourth-order valence-corrected chi connectivity index (χ4v) is 17.8. The van der Waals surface area contributed by atoms with Crippen LogP contribution in [0, 0.1) is 35.5 Å². The van der Waals surface area contributed by atoms with Crippen LogP contribution in [0.2, 0.25) is 0 Å². The van der Waals surface area contributed by atoms with Gasteiger partial charge in [0, 0.05) is 110 Å². The molecule has 15 atom stereocenters. The first kappa shape index (κ1) is 97.8. The van der Waals surface area contributed by atoms with Crippen molar-refractivity contribution < 1.29 is 105 Å². The monoisotopic (exact) mass is 1760 g/mol. The minimum Gasteiger partial charge on any atom is -0.460 e. The number of nitrogen functional groups attached to an aromatic ring is 2. The van der Waals surface area contributed by atoms with Crippen molar-refractivity contribution >= 4 is 75.2 Å². The molecule has 1 unspecified atom stereocenters. The topological polar surface area (TPSA) is 405 Å². The van der Waals surface area contributed by atoms with E-state index in [9.17, 15) is 43.8 Å². The molecular weight excluding hydrogens is 1620 g/mol. The summed E-state index contributed by atoms with van der Waals surface area (Å²) >= 11 is 0. The number of nitrogens with two attached hydrogens (primary N) is 2. The standard InChI is InChI=1S/C93H133N11O22/c1-59-16-12-11-13-17-60(2)77(114-8)54-71-24-19-65(7)93(113,126-71)86(109)89(110)103-29-15-14-18-73(103)90(111)123-78(55-74(105)61(3)49-64(6)84(108)85(116-10)83(107)63(5)48-59)62(4)50-66-21-25-76(79(52-66)115-9)125-92(112)101-33-31-100(32-34-101)35-37-118-39-41-120-43-45-122-47-46-121-44-42-119-40-38-117-36-28-80(106)102-30-27-68-51-67(20-22-70(68)57-102)56-104-88-81(87(94)96-58-97-88)82(99-104)69-23-26-75-72(53-69)98-91(95)124-75/h11-13,16-17,20,22-23,26,49,51,53,58-59,61-63,65-66,71,73,76-79,84-85,108,113H,14-15,18-19,21,24-25,27-48,50,52,54-57H2,1-10H3,(H2,95,98)(H2,94,96,97)/b13-11+,16-12+,60-17+,64-49+/t59-,61?,62-,63-,65-,66+,71+,73+,76-,77+,78+,79-,84-,85+,93-/m1/s1. The Morgan fingerprint density at radius 3 is 2.11 bits per heavy atom. The largest absolute Gasteiger partial charge is 0.460 e. The van der Waals surface area contributed by atoms with Gasteiger partial charge in [-0.3, -0.25) is 28.9 Å². The summed E-state index contributed by atoms with van der Waals surface area (Å²) in [5.41, 5.74) is 19.9. The lowest BCUT2D eigenvalue weighted by atomic mass is 9.78. The molecule has 1 aliphatic carbocycles. The first-order chi connectivity index (χ1) is 60.7. The van der Waals surface area contributed by atoms with E-state index in [0.717, 1.165) is 28.7 Å². The number of aliphatic hydroxyl groups is 2. The number of piperazine rings is 1. The van der Waals surface area contributed by atoms with Crippen molar-refractivity contribution in [2.75, 3.05) is 158 Å². The summed E-state index contributed by atoms with van der Waals surface area (Å²) in [6.07, 6.45) is 12.3. The Labute approximate surface area is 738 Å². The van der Waals surface area contributed by atoms with Crippen LogP contribution in [0.1, 0.15) is 149 Å². The van der Waals surface area contributed by atoms with Crippen LogP contribution in [0.4, 0.5) is 16.6 Å². The molecule has 11 rings (SSSR count). The average molecular weight is 1760 g/mol. The molecule has 5 aromatic rings. The number of rotatable bonds is 31. The van der Waals surface area contributed by atoms with Crippen molar-refractivity contribution in [1.29, 1.82) is 0 Å². The van der Waals surface area contributed by atoms with Crippen molar-refractivity contribution in [3.63, 3.8) is 0 Å². The maximum atomic E-state index is 14.8. The lowest BCUT2D eigenvalue weighted by molar-refractivity contribution is -0.265. The zero-order valence-electron chi connectivity index (χ0n) is 75.1. The highest BCUT2D eigenvalue weighted by Gasteiger charge is 2.53. The van der Waals surface area contributed by atoms with Crippen LogP contribution in [-0.2, 0) is 105 Å². The van der Waals surface area contributed by atoms with Crippen LogP contribution in [0.25, 0.3) is 33.4 Å². The second-order valence-corrected chi connectivity index (χ2v) is 34.6. The quantitative estimate of drug-likeness (QED) is 0.0139. The van der Waals surface area contributed by atoms with Gasteiger partial charge >= 0.3 is 12.1 Å². The van der Waals surface area contributed by atoms with Crippen molar-refractivity contribution in [1.82, 2.24) is 44.3 Å². The van der Waals surface area contributed by atoms with Gasteiger partial charge in [0.2, 0.25) is 11.7 Å². The van der Waals surface area contributed by atoms with Crippen LogP contribution < -0.4 is 11.5 Å².